The fourth-order valence-electron chi connectivity index (χ4n) is 1.68. The van der Waals surface area contributed by atoms with Gasteiger partial charge in [0.25, 0.3) is 5.91 Å². The first-order chi connectivity index (χ1) is 10.1. The molecule has 1 amide bonds. The van der Waals surface area contributed by atoms with Crippen molar-refractivity contribution in [2.75, 3.05) is 7.05 Å². The molecule has 1 aliphatic rings. The number of hydrogen-bond donors (Lipinski definition) is 0. The van der Waals surface area contributed by atoms with Gasteiger partial charge < -0.3 is 0 Å². The van der Waals surface area contributed by atoms with Crippen LogP contribution in [0.25, 0.3) is 6.08 Å². The van der Waals surface area contributed by atoms with Crippen molar-refractivity contribution >= 4 is 45.4 Å². The highest BCUT2D eigenvalue weighted by molar-refractivity contribution is 8.18. The predicted molar refractivity (Wildman–Crippen MR) is 84.3 cm³/mol. The van der Waals surface area contributed by atoms with Crippen LogP contribution in [0.2, 0.25) is 0 Å². The van der Waals surface area contributed by atoms with E-state index >= 15 is 0 Å². The van der Waals surface area contributed by atoms with Gasteiger partial charge in [0, 0.05) is 19.4 Å². The molecule has 1 fully saturated rings. The van der Waals surface area contributed by atoms with Gasteiger partial charge in [-0.05, 0) is 36.4 Å². The van der Waals surface area contributed by atoms with Crippen molar-refractivity contribution in [1.82, 2.24) is 20.1 Å². The first-order valence-electron chi connectivity index (χ1n) is 6.10. The van der Waals surface area contributed by atoms with E-state index in [2.05, 4.69) is 20.2 Å². The fourth-order valence-corrected chi connectivity index (χ4v) is 3.26. The van der Waals surface area contributed by atoms with Crippen molar-refractivity contribution < 1.29 is 4.79 Å². The number of thioether (sulfide) groups is 1. The Morgan fingerprint density at radius 2 is 2.24 bits per heavy atom. The molecule has 1 aliphatic heterocycles. The number of likely N-dealkylation sites (N-methyl/N-ethyl adjacent to an activating group) is 1. The van der Waals surface area contributed by atoms with Crippen LogP contribution in [0.4, 0.5) is 5.13 Å². The van der Waals surface area contributed by atoms with Gasteiger partial charge in [-0.1, -0.05) is 17.4 Å². The molecule has 0 unspecified atom stereocenters. The Morgan fingerprint density at radius 1 is 1.38 bits per heavy atom. The molecule has 106 valence electrons. The molecule has 0 radical (unpaired) electrons. The number of carbonyl (C=O) groups excluding carboxylic acids is 1. The summed E-state index contributed by atoms with van der Waals surface area (Å²) in [6.45, 7) is 1.87. The van der Waals surface area contributed by atoms with Crippen molar-refractivity contribution in [3.05, 3.63) is 40.0 Å². The van der Waals surface area contributed by atoms with E-state index < -0.39 is 0 Å². The summed E-state index contributed by atoms with van der Waals surface area (Å²) in [5.41, 5.74) is 0.884. The molecule has 0 bridgehead atoms. The first kappa shape index (κ1) is 13.9. The van der Waals surface area contributed by atoms with Gasteiger partial charge in [0.2, 0.25) is 5.13 Å². The molecule has 0 saturated carbocycles. The lowest BCUT2D eigenvalue weighted by Gasteiger charge is -2.05. The topological polar surface area (TPSA) is 71.3 Å². The molecular formula is C13H11N5OS2. The minimum absolute atomic E-state index is 0.0798. The molecule has 8 heteroatoms. The Balaban J connectivity index is 1.89. The highest BCUT2D eigenvalue weighted by Crippen LogP contribution is 2.33. The Kier molecular flexibility index (Phi) is 3.80. The van der Waals surface area contributed by atoms with Crippen LogP contribution in [0.5, 0.6) is 0 Å². The second-order valence-electron chi connectivity index (χ2n) is 4.26. The Hall–Kier alpha value is -2.06. The van der Waals surface area contributed by atoms with Gasteiger partial charge in [0.1, 0.15) is 5.01 Å². The molecule has 0 N–H and O–H groups in total. The number of aryl methyl sites for hydroxylation is 1. The number of pyridine rings is 1. The maximum absolute atomic E-state index is 12.2. The van der Waals surface area contributed by atoms with E-state index in [0.29, 0.717) is 15.2 Å². The summed E-state index contributed by atoms with van der Waals surface area (Å²) in [4.78, 5) is 22.8. The van der Waals surface area contributed by atoms with Gasteiger partial charge in [0.15, 0.2) is 5.17 Å². The van der Waals surface area contributed by atoms with Crippen molar-refractivity contribution in [3.63, 3.8) is 0 Å². The number of amidine groups is 1. The highest BCUT2D eigenvalue weighted by atomic mass is 32.2. The number of nitrogens with zero attached hydrogens (tertiary/aromatic N) is 5. The number of hydrogen-bond acceptors (Lipinski definition) is 7. The van der Waals surface area contributed by atoms with Gasteiger partial charge in [-0.15, -0.1) is 10.2 Å². The van der Waals surface area contributed by atoms with E-state index in [-0.39, 0.29) is 5.91 Å². The normalized spacial score (nSPS) is 19.0. The van der Waals surface area contributed by atoms with Crippen molar-refractivity contribution in [3.8, 4) is 0 Å². The zero-order chi connectivity index (χ0) is 14.8. The average molecular weight is 317 g/mol. The summed E-state index contributed by atoms with van der Waals surface area (Å²) in [5.74, 6) is -0.0798. The standard InChI is InChI=1S/C13H11N5OS2/c1-8-16-17-12(20-8)15-13-18(2)11(19)10(21-13)6-9-4-3-5-14-7-9/h3-7H,1-2H3/b10-6-,15-13+. The number of amides is 1. The summed E-state index contributed by atoms with van der Waals surface area (Å²) in [5, 5.41) is 9.86. The van der Waals surface area contributed by atoms with Crippen molar-refractivity contribution in [2.45, 2.75) is 6.92 Å². The maximum Gasteiger partial charge on any atom is 0.266 e. The number of aliphatic imine (C=N–C) groups is 1. The van der Waals surface area contributed by atoms with Gasteiger partial charge in [0.05, 0.1) is 4.91 Å². The average Bonchev–Trinajstić information content (AvgIpc) is 3.00. The minimum atomic E-state index is -0.0798. The second kappa shape index (κ2) is 5.74. The van der Waals surface area contributed by atoms with E-state index in [9.17, 15) is 4.79 Å². The first-order valence-corrected chi connectivity index (χ1v) is 7.73. The fraction of sp³-hybridized carbons (Fsp3) is 0.154. The molecule has 3 heterocycles. The lowest BCUT2D eigenvalue weighted by atomic mass is 10.2. The van der Waals surface area contributed by atoms with E-state index in [1.165, 1.54) is 28.0 Å². The highest BCUT2D eigenvalue weighted by Gasteiger charge is 2.30. The summed E-state index contributed by atoms with van der Waals surface area (Å²) in [6.07, 6.45) is 5.22. The van der Waals surface area contributed by atoms with Crippen LogP contribution in [0.15, 0.2) is 34.4 Å². The smallest absolute Gasteiger partial charge is 0.266 e. The third-order valence-electron chi connectivity index (χ3n) is 2.69. The van der Waals surface area contributed by atoms with Gasteiger partial charge in [-0.3, -0.25) is 14.7 Å². The molecule has 2 aromatic rings. The van der Waals surface area contributed by atoms with Gasteiger partial charge >= 0.3 is 0 Å². The lowest BCUT2D eigenvalue weighted by molar-refractivity contribution is -0.121. The van der Waals surface area contributed by atoms with E-state index in [1.807, 2.05) is 25.1 Å². The molecule has 21 heavy (non-hydrogen) atoms. The number of rotatable bonds is 2. The molecule has 0 aliphatic carbocycles. The predicted octanol–water partition coefficient (Wildman–Crippen LogP) is 2.48. The Morgan fingerprint density at radius 3 is 2.90 bits per heavy atom. The van der Waals surface area contributed by atoms with Gasteiger partial charge in [-0.2, -0.15) is 4.99 Å². The molecule has 0 atom stereocenters. The molecule has 0 spiro atoms. The monoisotopic (exact) mass is 317 g/mol. The van der Waals surface area contributed by atoms with E-state index in [0.717, 1.165) is 10.6 Å². The van der Waals surface area contributed by atoms with Crippen LogP contribution in [-0.2, 0) is 4.79 Å². The quantitative estimate of drug-likeness (QED) is 0.796. The summed E-state index contributed by atoms with van der Waals surface area (Å²) in [6, 6.07) is 3.73. The summed E-state index contributed by atoms with van der Waals surface area (Å²) in [7, 11) is 1.70. The molecule has 0 aromatic carbocycles. The molecule has 2 aromatic heterocycles. The van der Waals surface area contributed by atoms with Crippen LogP contribution in [0, 0.1) is 6.92 Å². The molecule has 1 saturated heterocycles. The zero-order valence-electron chi connectivity index (χ0n) is 11.3. The third kappa shape index (κ3) is 3.01. The van der Waals surface area contributed by atoms with E-state index in [1.54, 1.807) is 19.4 Å². The number of carbonyl (C=O) groups is 1. The maximum atomic E-state index is 12.2. The lowest BCUT2D eigenvalue weighted by Crippen LogP contribution is -2.23. The van der Waals surface area contributed by atoms with Crippen LogP contribution in [-0.4, -0.2) is 38.2 Å². The minimum Gasteiger partial charge on any atom is -0.289 e. The molecule has 6 nitrogen and oxygen atoms in total. The van der Waals surface area contributed by atoms with Crippen molar-refractivity contribution in [1.29, 1.82) is 0 Å². The van der Waals surface area contributed by atoms with Crippen LogP contribution in [0.3, 0.4) is 0 Å². The van der Waals surface area contributed by atoms with E-state index in [4.69, 9.17) is 0 Å². The summed E-state index contributed by atoms with van der Waals surface area (Å²) >= 11 is 2.72. The Labute approximate surface area is 129 Å². The largest absolute Gasteiger partial charge is 0.289 e. The molecule has 3 rings (SSSR count). The second-order valence-corrected chi connectivity index (χ2v) is 6.43. The molecular weight excluding hydrogens is 306 g/mol. The van der Waals surface area contributed by atoms with Crippen LogP contribution in [0.1, 0.15) is 10.6 Å². The van der Waals surface area contributed by atoms with Crippen LogP contribution < -0.4 is 0 Å². The summed E-state index contributed by atoms with van der Waals surface area (Å²) < 4.78 is 0. The van der Waals surface area contributed by atoms with Gasteiger partial charge in [-0.25, -0.2) is 0 Å². The third-order valence-corrected chi connectivity index (χ3v) is 4.49. The Bertz CT molecular complexity index is 738. The zero-order valence-corrected chi connectivity index (χ0v) is 13.0. The SMILES string of the molecule is Cc1nnc(/N=C2/S/C(=C\c3cccnc3)C(=O)N2C)s1. The van der Waals surface area contributed by atoms with Crippen LogP contribution >= 0.6 is 23.1 Å². The van der Waals surface area contributed by atoms with Crippen molar-refractivity contribution in [2.24, 2.45) is 4.99 Å². The number of aromatic nitrogens is 3.